The molecule has 1 heterocycles. The highest BCUT2D eigenvalue weighted by Crippen LogP contribution is 2.37. The molecule has 2 fully saturated rings. The summed E-state index contributed by atoms with van der Waals surface area (Å²) in [5.74, 6) is 2.12. The van der Waals surface area contributed by atoms with Crippen molar-refractivity contribution in [1.82, 2.24) is 9.97 Å². The zero-order chi connectivity index (χ0) is 13.2. The summed E-state index contributed by atoms with van der Waals surface area (Å²) in [6.45, 7) is 0. The van der Waals surface area contributed by atoms with Gasteiger partial charge in [0.1, 0.15) is 11.6 Å². The molecule has 0 spiro atoms. The van der Waals surface area contributed by atoms with E-state index in [0.717, 1.165) is 29.7 Å². The first-order valence-electron chi connectivity index (χ1n) is 7.15. The molecule has 104 valence electrons. The van der Waals surface area contributed by atoms with Gasteiger partial charge in [-0.3, -0.25) is 4.79 Å². The van der Waals surface area contributed by atoms with Crippen LogP contribution in [0.25, 0.3) is 0 Å². The molecule has 1 aromatic rings. The Morgan fingerprint density at radius 1 is 1.26 bits per heavy atom. The second-order valence-electron chi connectivity index (χ2n) is 5.64. The number of hydrogen-bond acceptors (Lipinski definition) is 4. The van der Waals surface area contributed by atoms with Gasteiger partial charge in [0.05, 0.1) is 0 Å². The second kappa shape index (κ2) is 5.57. The van der Waals surface area contributed by atoms with E-state index in [-0.39, 0.29) is 5.56 Å². The van der Waals surface area contributed by atoms with Crippen LogP contribution in [0, 0.1) is 0 Å². The number of aromatic amines is 1. The fourth-order valence-corrected chi connectivity index (χ4v) is 3.50. The largest absolute Gasteiger partial charge is 0.367 e. The van der Waals surface area contributed by atoms with Crippen molar-refractivity contribution in [2.24, 2.45) is 0 Å². The van der Waals surface area contributed by atoms with Crippen LogP contribution in [0.3, 0.4) is 0 Å². The van der Waals surface area contributed by atoms with Crippen molar-refractivity contribution in [3.05, 3.63) is 22.2 Å². The van der Waals surface area contributed by atoms with E-state index in [9.17, 15) is 4.79 Å². The van der Waals surface area contributed by atoms with E-state index < -0.39 is 0 Å². The van der Waals surface area contributed by atoms with Gasteiger partial charge in [0.15, 0.2) is 0 Å². The van der Waals surface area contributed by atoms with E-state index in [4.69, 9.17) is 0 Å². The molecule has 2 aliphatic carbocycles. The van der Waals surface area contributed by atoms with Gasteiger partial charge in [-0.15, -0.1) is 0 Å². The van der Waals surface area contributed by atoms with Crippen molar-refractivity contribution in [2.75, 3.05) is 11.6 Å². The lowest BCUT2D eigenvalue weighted by Gasteiger charge is -2.28. The first-order chi connectivity index (χ1) is 9.24. The van der Waals surface area contributed by atoms with Crippen molar-refractivity contribution < 1.29 is 0 Å². The number of thioether (sulfide) groups is 1. The molecule has 19 heavy (non-hydrogen) atoms. The van der Waals surface area contributed by atoms with Crippen LogP contribution in [-0.4, -0.2) is 27.5 Å². The molecule has 0 aliphatic heterocycles. The van der Waals surface area contributed by atoms with Gasteiger partial charge in [0.25, 0.3) is 5.56 Å². The summed E-state index contributed by atoms with van der Waals surface area (Å²) in [6.07, 6.45) is 9.39. The summed E-state index contributed by atoms with van der Waals surface area (Å²) in [5, 5.41) is 4.26. The van der Waals surface area contributed by atoms with Crippen LogP contribution in [0.1, 0.15) is 50.3 Å². The summed E-state index contributed by atoms with van der Waals surface area (Å²) in [5.41, 5.74) is -0.0304. The summed E-state index contributed by atoms with van der Waals surface area (Å²) >= 11 is 1.97. The Morgan fingerprint density at radius 3 is 2.63 bits per heavy atom. The van der Waals surface area contributed by atoms with Crippen molar-refractivity contribution in [3.63, 3.8) is 0 Å². The van der Waals surface area contributed by atoms with Gasteiger partial charge in [-0.2, -0.15) is 11.8 Å². The Morgan fingerprint density at radius 2 is 2.00 bits per heavy atom. The minimum atomic E-state index is -0.0304. The van der Waals surface area contributed by atoms with E-state index in [1.165, 1.54) is 25.7 Å². The highest BCUT2D eigenvalue weighted by Gasteiger charge is 2.27. The summed E-state index contributed by atoms with van der Waals surface area (Å²) in [6, 6.07) is 2.07. The molecule has 0 aromatic carbocycles. The average Bonchev–Trinajstić information content (AvgIpc) is 3.23. The summed E-state index contributed by atoms with van der Waals surface area (Å²) < 4.78 is 0. The highest BCUT2D eigenvalue weighted by atomic mass is 32.2. The molecule has 0 radical (unpaired) electrons. The Hall–Kier alpha value is -0.970. The molecule has 1 aromatic heterocycles. The third-order valence-corrected chi connectivity index (χ3v) is 5.22. The second-order valence-corrected chi connectivity index (χ2v) is 6.78. The zero-order valence-electron chi connectivity index (χ0n) is 11.3. The Bertz CT molecular complexity index is 490. The predicted octanol–water partition coefficient (Wildman–Crippen LogP) is 2.73. The molecular formula is C14H21N3OS. The Labute approximate surface area is 117 Å². The smallest absolute Gasteiger partial charge is 0.252 e. The maximum atomic E-state index is 11.6. The molecule has 0 unspecified atom stereocenters. The molecule has 3 rings (SSSR count). The fourth-order valence-electron chi connectivity index (χ4n) is 2.75. The quantitative estimate of drug-likeness (QED) is 0.890. The SMILES string of the molecule is CSC1CCC(Nc2cc(=O)[nH]c(C3CC3)n2)CC1. The number of nitrogens with zero attached hydrogens (tertiary/aromatic N) is 1. The molecular weight excluding hydrogens is 258 g/mol. The van der Waals surface area contributed by atoms with E-state index in [2.05, 4.69) is 21.5 Å². The predicted molar refractivity (Wildman–Crippen MR) is 80.0 cm³/mol. The first-order valence-corrected chi connectivity index (χ1v) is 8.44. The number of hydrogen-bond donors (Lipinski definition) is 2. The van der Waals surface area contributed by atoms with Gasteiger partial charge in [-0.25, -0.2) is 4.98 Å². The Kier molecular flexibility index (Phi) is 3.82. The highest BCUT2D eigenvalue weighted by molar-refractivity contribution is 7.99. The van der Waals surface area contributed by atoms with Crippen LogP contribution < -0.4 is 10.9 Å². The van der Waals surface area contributed by atoms with Gasteiger partial charge >= 0.3 is 0 Å². The van der Waals surface area contributed by atoms with Crippen LogP contribution in [0.15, 0.2) is 10.9 Å². The molecule has 4 nitrogen and oxygen atoms in total. The van der Waals surface area contributed by atoms with Crippen LogP contribution in [-0.2, 0) is 0 Å². The zero-order valence-corrected chi connectivity index (χ0v) is 12.1. The monoisotopic (exact) mass is 279 g/mol. The van der Waals surface area contributed by atoms with Crippen molar-refractivity contribution in [2.45, 2.75) is 55.7 Å². The van der Waals surface area contributed by atoms with Crippen LogP contribution >= 0.6 is 11.8 Å². The number of rotatable bonds is 4. The molecule has 0 amide bonds. The number of aromatic nitrogens is 2. The van der Waals surface area contributed by atoms with Crippen LogP contribution in [0.5, 0.6) is 0 Å². The molecule has 2 aliphatic rings. The third kappa shape index (κ3) is 3.32. The maximum absolute atomic E-state index is 11.6. The number of nitrogens with one attached hydrogen (secondary N) is 2. The summed E-state index contributed by atoms with van der Waals surface area (Å²) in [7, 11) is 0. The lowest BCUT2D eigenvalue weighted by Crippen LogP contribution is -2.28. The maximum Gasteiger partial charge on any atom is 0.252 e. The number of anilines is 1. The normalized spacial score (nSPS) is 27.2. The van der Waals surface area contributed by atoms with Crippen LogP contribution in [0.4, 0.5) is 5.82 Å². The topological polar surface area (TPSA) is 57.8 Å². The molecule has 2 N–H and O–H groups in total. The van der Waals surface area contributed by atoms with Gasteiger partial charge in [-0.05, 0) is 44.8 Å². The minimum absolute atomic E-state index is 0.0304. The van der Waals surface area contributed by atoms with Crippen molar-refractivity contribution >= 4 is 17.6 Å². The van der Waals surface area contributed by atoms with Gasteiger partial charge < -0.3 is 10.3 Å². The molecule has 5 heteroatoms. The van der Waals surface area contributed by atoms with E-state index >= 15 is 0 Å². The van der Waals surface area contributed by atoms with E-state index in [1.54, 1.807) is 6.07 Å². The van der Waals surface area contributed by atoms with Crippen molar-refractivity contribution in [3.8, 4) is 0 Å². The molecule has 0 bridgehead atoms. The third-order valence-electron chi connectivity index (χ3n) is 4.08. The van der Waals surface area contributed by atoms with E-state index in [0.29, 0.717) is 12.0 Å². The first kappa shape index (κ1) is 13.0. The number of H-pyrrole nitrogens is 1. The Balaban J connectivity index is 1.65. The minimum Gasteiger partial charge on any atom is -0.367 e. The molecule has 0 saturated heterocycles. The van der Waals surface area contributed by atoms with Gasteiger partial charge in [-0.1, -0.05) is 0 Å². The van der Waals surface area contributed by atoms with Gasteiger partial charge in [0.2, 0.25) is 0 Å². The molecule has 0 atom stereocenters. The lowest BCUT2D eigenvalue weighted by atomic mass is 9.95. The fraction of sp³-hybridized carbons (Fsp3) is 0.714. The molecule has 2 saturated carbocycles. The van der Waals surface area contributed by atoms with Gasteiger partial charge in [0, 0.05) is 23.3 Å². The lowest BCUT2D eigenvalue weighted by molar-refractivity contribution is 0.472. The summed E-state index contributed by atoms with van der Waals surface area (Å²) in [4.78, 5) is 19.1. The van der Waals surface area contributed by atoms with Crippen molar-refractivity contribution in [1.29, 1.82) is 0 Å². The average molecular weight is 279 g/mol. The standard InChI is InChI=1S/C14H21N3OS/c1-19-11-6-4-10(5-7-11)15-12-8-13(18)17-14(16-12)9-2-3-9/h8-11H,2-7H2,1H3,(H2,15,16,17,18). The van der Waals surface area contributed by atoms with E-state index in [1.807, 2.05) is 11.8 Å². The van der Waals surface area contributed by atoms with Crippen LogP contribution in [0.2, 0.25) is 0 Å².